The third kappa shape index (κ3) is 4.39. The second-order valence-electron chi connectivity index (χ2n) is 7.25. The highest BCUT2D eigenvalue weighted by Gasteiger charge is 2.20. The van der Waals surface area contributed by atoms with Gasteiger partial charge in [-0.3, -0.25) is 0 Å². The largest absolute Gasteiger partial charge is 0.378 e. The monoisotopic (exact) mass is 392 g/mol. The van der Waals surface area contributed by atoms with Crippen molar-refractivity contribution in [3.8, 4) is 0 Å². The first-order valence-corrected chi connectivity index (χ1v) is 9.71. The smallest absolute Gasteiger partial charge is 0.146 e. The SMILES string of the molecule is CN(C)c1ccc(Nc2cc(N3CCN(c4ccccc4F)CC3)ncn2)cc1. The Labute approximate surface area is 170 Å². The summed E-state index contributed by atoms with van der Waals surface area (Å²) in [6, 6.07) is 17.1. The summed E-state index contributed by atoms with van der Waals surface area (Å²) >= 11 is 0. The zero-order chi connectivity index (χ0) is 20.2. The highest BCUT2D eigenvalue weighted by Crippen LogP contribution is 2.24. The van der Waals surface area contributed by atoms with Crippen molar-refractivity contribution in [1.82, 2.24) is 9.97 Å². The maximum absolute atomic E-state index is 14.0. The minimum absolute atomic E-state index is 0.172. The minimum Gasteiger partial charge on any atom is -0.378 e. The van der Waals surface area contributed by atoms with E-state index in [1.54, 1.807) is 12.4 Å². The number of nitrogens with one attached hydrogen (secondary N) is 1. The van der Waals surface area contributed by atoms with Crippen LogP contribution in [-0.2, 0) is 0 Å². The van der Waals surface area contributed by atoms with E-state index in [0.29, 0.717) is 5.69 Å². The molecule has 1 aliphatic heterocycles. The van der Waals surface area contributed by atoms with Gasteiger partial charge in [-0.15, -0.1) is 0 Å². The molecule has 6 nitrogen and oxygen atoms in total. The molecule has 0 spiro atoms. The Morgan fingerprint density at radius 3 is 2.28 bits per heavy atom. The van der Waals surface area contributed by atoms with Gasteiger partial charge in [-0.05, 0) is 36.4 Å². The average Bonchev–Trinajstić information content (AvgIpc) is 2.75. The van der Waals surface area contributed by atoms with Crippen LogP contribution < -0.4 is 20.0 Å². The second kappa shape index (κ2) is 8.34. The van der Waals surface area contributed by atoms with Gasteiger partial charge >= 0.3 is 0 Å². The first-order valence-electron chi connectivity index (χ1n) is 9.71. The van der Waals surface area contributed by atoms with Crippen molar-refractivity contribution in [2.75, 3.05) is 60.3 Å². The third-order valence-corrected chi connectivity index (χ3v) is 5.11. The molecule has 150 valence electrons. The van der Waals surface area contributed by atoms with Crippen LogP contribution in [0.1, 0.15) is 0 Å². The summed E-state index contributed by atoms with van der Waals surface area (Å²) in [5.41, 5.74) is 2.79. The molecule has 0 atom stereocenters. The molecule has 7 heteroatoms. The lowest BCUT2D eigenvalue weighted by Gasteiger charge is -2.36. The van der Waals surface area contributed by atoms with Gasteiger partial charge in [0.1, 0.15) is 23.8 Å². The van der Waals surface area contributed by atoms with Gasteiger partial charge in [0.05, 0.1) is 5.69 Å². The molecule has 29 heavy (non-hydrogen) atoms. The molecule has 2 heterocycles. The molecule has 1 saturated heterocycles. The number of piperazine rings is 1. The highest BCUT2D eigenvalue weighted by molar-refractivity contribution is 5.62. The Morgan fingerprint density at radius 2 is 1.59 bits per heavy atom. The number of anilines is 5. The predicted molar refractivity (Wildman–Crippen MR) is 117 cm³/mol. The van der Waals surface area contributed by atoms with E-state index in [1.807, 2.05) is 44.4 Å². The Balaban J connectivity index is 1.41. The van der Waals surface area contributed by atoms with Crippen molar-refractivity contribution in [2.45, 2.75) is 0 Å². The van der Waals surface area contributed by atoms with E-state index in [2.05, 4.69) is 42.1 Å². The molecule has 0 unspecified atom stereocenters. The summed E-state index contributed by atoms with van der Waals surface area (Å²) in [6.45, 7) is 3.06. The molecule has 0 bridgehead atoms. The normalized spacial score (nSPS) is 14.0. The molecule has 0 aliphatic carbocycles. The molecule has 1 N–H and O–H groups in total. The van der Waals surface area contributed by atoms with E-state index in [9.17, 15) is 4.39 Å². The van der Waals surface area contributed by atoms with Crippen molar-refractivity contribution in [3.05, 3.63) is 66.7 Å². The van der Waals surface area contributed by atoms with Gasteiger partial charge in [-0.1, -0.05) is 12.1 Å². The summed E-state index contributed by atoms with van der Waals surface area (Å²) in [6.07, 6.45) is 1.58. The molecule has 3 aromatic rings. The summed E-state index contributed by atoms with van der Waals surface area (Å²) in [7, 11) is 4.04. The fraction of sp³-hybridized carbons (Fsp3) is 0.273. The van der Waals surface area contributed by atoms with E-state index in [1.165, 1.54) is 6.07 Å². The van der Waals surface area contributed by atoms with Gasteiger partial charge in [-0.25, -0.2) is 14.4 Å². The van der Waals surface area contributed by atoms with Crippen LogP contribution in [0.5, 0.6) is 0 Å². The molecule has 0 saturated carbocycles. The van der Waals surface area contributed by atoms with E-state index < -0.39 is 0 Å². The Morgan fingerprint density at radius 1 is 0.897 bits per heavy atom. The summed E-state index contributed by atoms with van der Waals surface area (Å²) in [4.78, 5) is 15.1. The second-order valence-corrected chi connectivity index (χ2v) is 7.25. The lowest BCUT2D eigenvalue weighted by atomic mass is 10.2. The molecule has 0 amide bonds. The van der Waals surface area contributed by atoms with Gasteiger partial charge in [0.15, 0.2) is 0 Å². The van der Waals surface area contributed by atoms with Gasteiger partial charge in [0, 0.05) is 57.7 Å². The number of rotatable bonds is 5. The van der Waals surface area contributed by atoms with Crippen molar-refractivity contribution in [3.63, 3.8) is 0 Å². The summed E-state index contributed by atoms with van der Waals surface area (Å²) < 4.78 is 14.0. The van der Waals surface area contributed by atoms with Gasteiger partial charge in [0.2, 0.25) is 0 Å². The number of nitrogens with zero attached hydrogens (tertiary/aromatic N) is 5. The number of hydrogen-bond donors (Lipinski definition) is 1. The van der Waals surface area contributed by atoms with E-state index >= 15 is 0 Å². The van der Waals surface area contributed by atoms with Crippen molar-refractivity contribution >= 4 is 28.7 Å². The van der Waals surface area contributed by atoms with Crippen LogP contribution in [-0.4, -0.2) is 50.2 Å². The van der Waals surface area contributed by atoms with E-state index in [0.717, 1.165) is 49.2 Å². The number of hydrogen-bond acceptors (Lipinski definition) is 6. The molecule has 1 fully saturated rings. The lowest BCUT2D eigenvalue weighted by molar-refractivity contribution is 0.596. The maximum atomic E-state index is 14.0. The third-order valence-electron chi connectivity index (χ3n) is 5.11. The molecule has 1 aromatic heterocycles. The van der Waals surface area contributed by atoms with Crippen molar-refractivity contribution in [1.29, 1.82) is 0 Å². The zero-order valence-corrected chi connectivity index (χ0v) is 16.7. The maximum Gasteiger partial charge on any atom is 0.146 e. The summed E-state index contributed by atoms with van der Waals surface area (Å²) in [5.74, 6) is 1.46. The molecular weight excluding hydrogens is 367 g/mol. The van der Waals surface area contributed by atoms with Gasteiger partial charge < -0.3 is 20.0 Å². The van der Waals surface area contributed by atoms with Crippen LogP contribution in [0.3, 0.4) is 0 Å². The fourth-order valence-electron chi connectivity index (χ4n) is 3.46. The first kappa shape index (κ1) is 19.0. The lowest BCUT2D eigenvalue weighted by Crippen LogP contribution is -2.47. The Hall–Kier alpha value is -3.35. The molecular formula is C22H25FN6. The van der Waals surface area contributed by atoms with Gasteiger partial charge in [0.25, 0.3) is 0 Å². The van der Waals surface area contributed by atoms with Crippen LogP contribution in [0.15, 0.2) is 60.9 Å². The first-order chi connectivity index (χ1) is 14.1. The number of para-hydroxylation sites is 1. The predicted octanol–water partition coefficient (Wildman–Crippen LogP) is 3.75. The quantitative estimate of drug-likeness (QED) is 0.714. The average molecular weight is 392 g/mol. The Bertz CT molecular complexity index is 952. The van der Waals surface area contributed by atoms with Crippen molar-refractivity contribution in [2.24, 2.45) is 0 Å². The summed E-state index contributed by atoms with van der Waals surface area (Å²) in [5, 5.41) is 3.34. The zero-order valence-electron chi connectivity index (χ0n) is 16.7. The number of aromatic nitrogens is 2. The molecule has 2 aromatic carbocycles. The van der Waals surface area contributed by atoms with E-state index in [4.69, 9.17) is 0 Å². The highest BCUT2D eigenvalue weighted by atomic mass is 19.1. The van der Waals surface area contributed by atoms with Crippen LogP contribution in [0.4, 0.5) is 33.1 Å². The van der Waals surface area contributed by atoms with Crippen LogP contribution >= 0.6 is 0 Å². The molecule has 0 radical (unpaired) electrons. The molecule has 1 aliphatic rings. The number of halogens is 1. The van der Waals surface area contributed by atoms with Crippen LogP contribution in [0, 0.1) is 5.82 Å². The topological polar surface area (TPSA) is 47.5 Å². The Kier molecular flexibility index (Phi) is 5.46. The van der Waals surface area contributed by atoms with Crippen molar-refractivity contribution < 1.29 is 4.39 Å². The molecule has 4 rings (SSSR count). The van der Waals surface area contributed by atoms with Crippen LogP contribution in [0.25, 0.3) is 0 Å². The fourth-order valence-corrected chi connectivity index (χ4v) is 3.46. The van der Waals surface area contributed by atoms with Gasteiger partial charge in [-0.2, -0.15) is 0 Å². The van der Waals surface area contributed by atoms with Crippen LogP contribution in [0.2, 0.25) is 0 Å². The van der Waals surface area contributed by atoms with E-state index in [-0.39, 0.29) is 5.82 Å². The number of benzene rings is 2. The minimum atomic E-state index is -0.172. The standard InChI is InChI=1S/C22H25FN6/c1-27(2)18-9-7-17(8-10-18)26-21-15-22(25-16-24-21)29-13-11-28(12-14-29)20-6-4-3-5-19(20)23/h3-10,15-16H,11-14H2,1-2H3,(H,24,25,26).